The van der Waals surface area contributed by atoms with E-state index in [1.54, 1.807) is 22.1 Å². The van der Waals surface area contributed by atoms with E-state index in [0.717, 1.165) is 25.1 Å². The Bertz CT molecular complexity index is 695. The molecule has 1 fully saturated rings. The molecule has 0 bridgehead atoms. The molecule has 1 aromatic carbocycles. The minimum absolute atomic E-state index is 0.0821. The molecule has 3 rings (SSSR count). The first-order chi connectivity index (χ1) is 12.3. The molecule has 6 heteroatoms. The second-order valence-corrected chi connectivity index (χ2v) is 6.03. The maximum Gasteiger partial charge on any atom is 0.272 e. The lowest BCUT2D eigenvalue weighted by Crippen LogP contribution is -2.48. The molecule has 1 saturated heterocycles. The lowest BCUT2D eigenvalue weighted by Gasteiger charge is -2.32. The van der Waals surface area contributed by atoms with Gasteiger partial charge in [0.25, 0.3) is 5.91 Å². The maximum atomic E-state index is 12.4. The van der Waals surface area contributed by atoms with Gasteiger partial charge in [-0.2, -0.15) is 0 Å². The van der Waals surface area contributed by atoms with Crippen molar-refractivity contribution in [2.45, 2.75) is 6.42 Å². The molecule has 0 spiro atoms. The molecule has 2 amide bonds. The van der Waals surface area contributed by atoms with Gasteiger partial charge in [-0.3, -0.25) is 9.59 Å². The highest BCUT2D eigenvalue weighted by molar-refractivity contribution is 5.92. The lowest BCUT2D eigenvalue weighted by molar-refractivity contribution is -0.119. The van der Waals surface area contributed by atoms with E-state index in [-0.39, 0.29) is 5.91 Å². The summed E-state index contributed by atoms with van der Waals surface area (Å²) in [5.74, 6) is -0.0821. The van der Waals surface area contributed by atoms with Crippen molar-refractivity contribution < 1.29 is 9.59 Å². The van der Waals surface area contributed by atoms with E-state index in [4.69, 9.17) is 0 Å². The summed E-state index contributed by atoms with van der Waals surface area (Å²) in [6, 6.07) is 13.9. The number of nitrogens with one attached hydrogen (secondary N) is 1. The highest BCUT2D eigenvalue weighted by Crippen LogP contribution is 2.10. The molecule has 1 aliphatic rings. The number of rotatable bonds is 6. The Morgan fingerprint density at radius 3 is 2.48 bits per heavy atom. The van der Waals surface area contributed by atoms with Crippen LogP contribution in [0.5, 0.6) is 0 Å². The summed E-state index contributed by atoms with van der Waals surface area (Å²) < 4.78 is 0. The Kier molecular flexibility index (Phi) is 5.61. The highest BCUT2D eigenvalue weighted by atomic mass is 16.2. The Morgan fingerprint density at radius 1 is 1.08 bits per heavy atom. The van der Waals surface area contributed by atoms with Crippen LogP contribution in [0.3, 0.4) is 0 Å². The summed E-state index contributed by atoms with van der Waals surface area (Å²) in [6.45, 7) is 3.07. The molecular formula is C19H22N4O2. The zero-order valence-electron chi connectivity index (χ0n) is 14.1. The summed E-state index contributed by atoms with van der Waals surface area (Å²) in [5, 5.41) is 3.32. The van der Waals surface area contributed by atoms with Crippen molar-refractivity contribution in [1.29, 1.82) is 0 Å². The van der Waals surface area contributed by atoms with Gasteiger partial charge in [0, 0.05) is 32.7 Å². The van der Waals surface area contributed by atoms with Gasteiger partial charge in [-0.15, -0.1) is 0 Å². The van der Waals surface area contributed by atoms with Gasteiger partial charge >= 0.3 is 0 Å². The predicted octanol–water partition coefficient (Wildman–Crippen LogP) is 1.65. The van der Waals surface area contributed by atoms with Gasteiger partial charge in [0.05, 0.1) is 11.9 Å². The van der Waals surface area contributed by atoms with Crippen LogP contribution >= 0.6 is 0 Å². The van der Waals surface area contributed by atoms with Crippen molar-refractivity contribution in [2.24, 2.45) is 0 Å². The van der Waals surface area contributed by atoms with Crippen molar-refractivity contribution in [3.8, 4) is 0 Å². The molecule has 6 nitrogen and oxygen atoms in total. The fourth-order valence-electron chi connectivity index (χ4n) is 2.81. The Morgan fingerprint density at radius 2 is 1.84 bits per heavy atom. The van der Waals surface area contributed by atoms with E-state index in [2.05, 4.69) is 22.4 Å². The first-order valence-corrected chi connectivity index (χ1v) is 8.49. The van der Waals surface area contributed by atoms with Crippen LogP contribution in [0, 0.1) is 0 Å². The van der Waals surface area contributed by atoms with Crippen LogP contribution in [0.2, 0.25) is 0 Å². The van der Waals surface area contributed by atoms with Gasteiger partial charge in [-0.1, -0.05) is 30.3 Å². The third kappa shape index (κ3) is 4.56. The number of nitrogens with zero attached hydrogens (tertiary/aromatic N) is 3. The number of hydrogen-bond acceptors (Lipinski definition) is 4. The van der Waals surface area contributed by atoms with E-state index in [1.807, 2.05) is 24.3 Å². The van der Waals surface area contributed by atoms with Crippen molar-refractivity contribution in [2.75, 3.05) is 38.0 Å². The molecule has 2 heterocycles. The number of carbonyl (C=O) groups excluding carboxylic acids is 2. The molecule has 0 atom stereocenters. The molecule has 0 saturated carbocycles. The summed E-state index contributed by atoms with van der Waals surface area (Å²) in [7, 11) is 0. The number of pyridine rings is 1. The Hall–Kier alpha value is -2.89. The van der Waals surface area contributed by atoms with E-state index in [0.29, 0.717) is 31.9 Å². The van der Waals surface area contributed by atoms with Gasteiger partial charge in [0.15, 0.2) is 0 Å². The van der Waals surface area contributed by atoms with Crippen LogP contribution in [0.15, 0.2) is 48.7 Å². The molecule has 1 N–H and O–H groups in total. The van der Waals surface area contributed by atoms with E-state index in [9.17, 15) is 9.59 Å². The van der Waals surface area contributed by atoms with E-state index >= 15 is 0 Å². The molecule has 1 aromatic heterocycles. The molecule has 0 aliphatic carbocycles. The third-order valence-electron chi connectivity index (χ3n) is 4.32. The number of hydrogen-bond donors (Lipinski definition) is 1. The van der Waals surface area contributed by atoms with Crippen LogP contribution in [-0.2, 0) is 11.2 Å². The normalized spacial score (nSPS) is 14.2. The van der Waals surface area contributed by atoms with Gasteiger partial charge < -0.3 is 15.1 Å². The van der Waals surface area contributed by atoms with Crippen LogP contribution in [0.25, 0.3) is 0 Å². The average Bonchev–Trinajstić information content (AvgIpc) is 2.69. The number of carbonyl (C=O) groups is 2. The fourth-order valence-corrected chi connectivity index (χ4v) is 2.81. The summed E-state index contributed by atoms with van der Waals surface area (Å²) in [4.78, 5) is 30.9. The molecular weight excluding hydrogens is 316 g/mol. The Labute approximate surface area is 147 Å². The molecule has 2 aromatic rings. The SMILES string of the molecule is O=CN1CCN(C(=O)c2ccc(NCCc3ccccc3)cn2)CC1. The van der Waals surface area contributed by atoms with E-state index in [1.165, 1.54) is 5.56 Å². The zero-order valence-corrected chi connectivity index (χ0v) is 14.1. The van der Waals surface area contributed by atoms with Gasteiger partial charge in [-0.25, -0.2) is 4.98 Å². The Balaban J connectivity index is 1.50. The van der Waals surface area contributed by atoms with Crippen LogP contribution in [0.1, 0.15) is 16.1 Å². The average molecular weight is 338 g/mol. The summed E-state index contributed by atoms with van der Waals surface area (Å²) in [6.07, 6.45) is 3.46. The van der Waals surface area contributed by atoms with Gasteiger partial charge in [-0.05, 0) is 24.1 Å². The van der Waals surface area contributed by atoms with Gasteiger partial charge in [0.2, 0.25) is 6.41 Å². The minimum atomic E-state index is -0.0821. The molecule has 1 aliphatic heterocycles. The fraction of sp³-hybridized carbons (Fsp3) is 0.316. The maximum absolute atomic E-state index is 12.4. The zero-order chi connectivity index (χ0) is 17.5. The van der Waals surface area contributed by atoms with Gasteiger partial charge in [0.1, 0.15) is 5.69 Å². The smallest absolute Gasteiger partial charge is 0.272 e. The predicted molar refractivity (Wildman–Crippen MR) is 96.4 cm³/mol. The molecule has 25 heavy (non-hydrogen) atoms. The second kappa shape index (κ2) is 8.28. The van der Waals surface area contributed by atoms with Crippen LogP contribution in [-0.4, -0.2) is 59.8 Å². The number of amides is 2. The lowest BCUT2D eigenvalue weighted by atomic mass is 10.1. The largest absolute Gasteiger partial charge is 0.383 e. The number of aromatic nitrogens is 1. The summed E-state index contributed by atoms with van der Waals surface area (Å²) >= 11 is 0. The molecule has 130 valence electrons. The quantitative estimate of drug-likeness (QED) is 0.814. The van der Waals surface area contributed by atoms with Crippen LogP contribution in [0.4, 0.5) is 5.69 Å². The third-order valence-corrected chi connectivity index (χ3v) is 4.32. The standard InChI is InChI=1S/C19H22N4O2/c24-15-22-10-12-23(13-11-22)19(25)18-7-6-17(14-21-18)20-9-8-16-4-2-1-3-5-16/h1-7,14-15,20H,8-13H2. The van der Waals surface area contributed by atoms with Crippen molar-refractivity contribution >= 4 is 18.0 Å². The first-order valence-electron chi connectivity index (χ1n) is 8.49. The summed E-state index contributed by atoms with van der Waals surface area (Å²) in [5.41, 5.74) is 2.62. The first kappa shape index (κ1) is 17.0. The van der Waals surface area contributed by atoms with E-state index < -0.39 is 0 Å². The number of anilines is 1. The number of piperazine rings is 1. The van der Waals surface area contributed by atoms with Crippen LogP contribution < -0.4 is 5.32 Å². The monoisotopic (exact) mass is 338 g/mol. The van der Waals surface area contributed by atoms with Crippen molar-refractivity contribution in [1.82, 2.24) is 14.8 Å². The molecule has 0 unspecified atom stereocenters. The van der Waals surface area contributed by atoms with Crippen molar-refractivity contribution in [3.63, 3.8) is 0 Å². The highest BCUT2D eigenvalue weighted by Gasteiger charge is 2.21. The number of benzene rings is 1. The topological polar surface area (TPSA) is 65.5 Å². The van der Waals surface area contributed by atoms with Crippen molar-refractivity contribution in [3.05, 3.63) is 59.9 Å². The molecule has 0 radical (unpaired) electrons. The minimum Gasteiger partial charge on any atom is -0.383 e. The second-order valence-electron chi connectivity index (χ2n) is 6.03.